The Morgan fingerprint density at radius 1 is 1.29 bits per heavy atom. The highest BCUT2D eigenvalue weighted by atomic mass is 19.1. The number of amides is 1. The number of aromatic nitrogens is 3. The third-order valence-electron chi connectivity index (χ3n) is 5.60. The average molecular weight is 380 g/mol. The lowest BCUT2D eigenvalue weighted by Gasteiger charge is -2.12. The third-order valence-corrected chi connectivity index (χ3v) is 5.60. The average Bonchev–Trinajstić information content (AvgIpc) is 3.18. The number of nitrogens with zero attached hydrogens (tertiary/aromatic N) is 3. The minimum atomic E-state index is -0.691. The molecule has 1 N–H and O–H groups in total. The second kappa shape index (κ2) is 6.22. The van der Waals surface area contributed by atoms with Crippen LogP contribution in [0.3, 0.4) is 0 Å². The first-order valence-corrected chi connectivity index (χ1v) is 9.32. The molecule has 0 bridgehead atoms. The Morgan fingerprint density at radius 3 is 2.89 bits per heavy atom. The zero-order chi connectivity index (χ0) is 19.4. The summed E-state index contributed by atoms with van der Waals surface area (Å²) in [5, 5.41) is 7.37. The minimum absolute atomic E-state index is 0.169. The Hall–Kier alpha value is -3.09. The minimum Gasteiger partial charge on any atom is -0.343 e. The van der Waals surface area contributed by atoms with Crippen LogP contribution < -0.4 is 5.32 Å². The van der Waals surface area contributed by atoms with Crippen LogP contribution in [0.2, 0.25) is 0 Å². The van der Waals surface area contributed by atoms with Crippen molar-refractivity contribution in [1.82, 2.24) is 20.1 Å². The molecule has 2 heterocycles. The van der Waals surface area contributed by atoms with E-state index >= 15 is 0 Å². The van der Waals surface area contributed by atoms with E-state index in [0.717, 1.165) is 35.9 Å². The molecule has 2 aliphatic rings. The summed E-state index contributed by atoms with van der Waals surface area (Å²) < 4.78 is 29.2. The number of benzene rings is 1. The number of nitrogens with one attached hydrogen (secondary N) is 1. The van der Waals surface area contributed by atoms with E-state index < -0.39 is 11.6 Å². The van der Waals surface area contributed by atoms with Crippen LogP contribution in [0.15, 0.2) is 42.6 Å². The van der Waals surface area contributed by atoms with E-state index in [-0.39, 0.29) is 17.6 Å². The van der Waals surface area contributed by atoms with Crippen LogP contribution in [-0.2, 0) is 6.42 Å². The molecule has 142 valence electrons. The molecular formula is C21H18F2N4O. The van der Waals surface area contributed by atoms with Crippen molar-refractivity contribution in [2.24, 2.45) is 5.92 Å². The molecule has 5 rings (SSSR count). The molecule has 0 radical (unpaired) electrons. The van der Waals surface area contributed by atoms with Gasteiger partial charge in [-0.3, -0.25) is 9.78 Å². The first kappa shape index (κ1) is 17.0. The van der Waals surface area contributed by atoms with Crippen LogP contribution in [0.5, 0.6) is 0 Å². The van der Waals surface area contributed by atoms with Gasteiger partial charge in [-0.1, -0.05) is 6.07 Å². The summed E-state index contributed by atoms with van der Waals surface area (Å²) in [6.45, 7) is 1.86. The SMILES string of the molecule is C[C@H](NC(=O)c1nn(-c2ccc(F)cc2F)c2c1C[C@@H]1C[C@H]21)c1ccccn1. The molecule has 0 saturated heterocycles. The van der Waals surface area contributed by atoms with Gasteiger partial charge >= 0.3 is 0 Å². The summed E-state index contributed by atoms with van der Waals surface area (Å²) in [5.74, 6) is -0.860. The van der Waals surface area contributed by atoms with E-state index in [1.165, 1.54) is 16.8 Å². The number of hydrogen-bond acceptors (Lipinski definition) is 3. The number of pyridine rings is 1. The second-order valence-electron chi connectivity index (χ2n) is 7.48. The van der Waals surface area contributed by atoms with Gasteiger partial charge in [0.15, 0.2) is 11.5 Å². The predicted molar refractivity (Wildman–Crippen MR) is 98.2 cm³/mol. The largest absolute Gasteiger partial charge is 0.343 e. The van der Waals surface area contributed by atoms with Crippen LogP contribution in [0.1, 0.15) is 52.7 Å². The van der Waals surface area contributed by atoms with E-state index in [9.17, 15) is 13.6 Å². The zero-order valence-electron chi connectivity index (χ0n) is 15.2. The molecule has 2 aliphatic carbocycles. The van der Waals surface area contributed by atoms with Gasteiger partial charge < -0.3 is 5.32 Å². The smallest absolute Gasteiger partial charge is 0.272 e. The fraction of sp³-hybridized carbons (Fsp3) is 0.286. The fourth-order valence-corrected chi connectivity index (χ4v) is 4.11. The molecule has 1 amide bonds. The van der Waals surface area contributed by atoms with Crippen molar-refractivity contribution < 1.29 is 13.6 Å². The molecule has 0 aliphatic heterocycles. The van der Waals surface area contributed by atoms with Crippen molar-refractivity contribution in [2.45, 2.75) is 31.7 Å². The Balaban J connectivity index is 1.51. The lowest BCUT2D eigenvalue weighted by molar-refractivity contribution is 0.0932. The highest BCUT2D eigenvalue weighted by molar-refractivity contribution is 5.94. The molecule has 0 spiro atoms. The Kier molecular flexibility index (Phi) is 3.79. The number of rotatable bonds is 4. The molecule has 1 aromatic carbocycles. The summed E-state index contributed by atoms with van der Waals surface area (Å²) in [4.78, 5) is 17.2. The van der Waals surface area contributed by atoms with E-state index in [1.807, 2.05) is 25.1 Å². The van der Waals surface area contributed by atoms with Gasteiger partial charge in [-0.05, 0) is 49.9 Å². The molecule has 3 aromatic rings. The van der Waals surface area contributed by atoms with Crippen molar-refractivity contribution >= 4 is 5.91 Å². The quantitative estimate of drug-likeness (QED) is 0.751. The van der Waals surface area contributed by atoms with Crippen molar-refractivity contribution in [3.63, 3.8) is 0 Å². The van der Waals surface area contributed by atoms with Gasteiger partial charge in [-0.2, -0.15) is 5.10 Å². The lowest BCUT2D eigenvalue weighted by atomic mass is 10.1. The maximum Gasteiger partial charge on any atom is 0.272 e. The van der Waals surface area contributed by atoms with Gasteiger partial charge in [0.1, 0.15) is 11.5 Å². The predicted octanol–water partition coefficient (Wildman–Crippen LogP) is 3.70. The zero-order valence-corrected chi connectivity index (χ0v) is 15.2. The molecule has 1 fully saturated rings. The van der Waals surface area contributed by atoms with Crippen molar-refractivity contribution in [3.05, 3.63) is 76.9 Å². The van der Waals surface area contributed by atoms with Crippen molar-refractivity contribution in [2.75, 3.05) is 0 Å². The molecule has 7 heteroatoms. The van der Waals surface area contributed by atoms with Crippen molar-refractivity contribution in [3.8, 4) is 5.69 Å². The Morgan fingerprint density at radius 2 is 2.14 bits per heavy atom. The van der Waals surface area contributed by atoms with Crippen LogP contribution in [0, 0.1) is 17.6 Å². The van der Waals surface area contributed by atoms with Gasteiger partial charge in [-0.25, -0.2) is 13.5 Å². The number of hydrogen-bond donors (Lipinski definition) is 1. The van der Waals surface area contributed by atoms with Gasteiger partial charge in [0.05, 0.1) is 17.4 Å². The van der Waals surface area contributed by atoms with Gasteiger partial charge in [0.2, 0.25) is 0 Å². The van der Waals surface area contributed by atoms with Gasteiger partial charge in [0, 0.05) is 23.7 Å². The van der Waals surface area contributed by atoms with Gasteiger partial charge in [0.25, 0.3) is 5.91 Å². The molecule has 0 unspecified atom stereocenters. The summed E-state index contributed by atoms with van der Waals surface area (Å²) in [7, 11) is 0. The van der Waals surface area contributed by atoms with E-state index in [4.69, 9.17) is 0 Å². The maximum absolute atomic E-state index is 14.4. The van der Waals surface area contributed by atoms with Crippen LogP contribution in [0.25, 0.3) is 5.69 Å². The first-order valence-electron chi connectivity index (χ1n) is 9.32. The summed E-state index contributed by atoms with van der Waals surface area (Å²) >= 11 is 0. The van der Waals surface area contributed by atoms with Crippen molar-refractivity contribution in [1.29, 1.82) is 0 Å². The standard InChI is InChI=1S/C21H18F2N4O/c1-11(17-4-2-3-7-24-17)25-21(28)19-15-9-12-8-14(12)20(15)27(26-19)18-6-5-13(22)10-16(18)23/h2-7,10-12,14H,8-9H2,1H3,(H,25,28)/t11-,12-,14-/m0/s1. The van der Waals surface area contributed by atoms with E-state index in [0.29, 0.717) is 17.5 Å². The molecular weight excluding hydrogens is 362 g/mol. The summed E-state index contributed by atoms with van der Waals surface area (Å²) in [6, 6.07) is 8.65. The molecule has 28 heavy (non-hydrogen) atoms. The Labute approximate surface area is 160 Å². The number of carbonyl (C=O) groups excluding carboxylic acids is 1. The highest BCUT2D eigenvalue weighted by Crippen LogP contribution is 2.57. The topological polar surface area (TPSA) is 59.8 Å². The summed E-state index contributed by atoms with van der Waals surface area (Å²) in [6.07, 6.45) is 3.46. The monoisotopic (exact) mass is 380 g/mol. The highest BCUT2D eigenvalue weighted by Gasteiger charge is 2.50. The van der Waals surface area contributed by atoms with Gasteiger partial charge in [-0.15, -0.1) is 0 Å². The number of halogens is 2. The third kappa shape index (κ3) is 2.69. The maximum atomic E-state index is 14.4. The molecule has 1 saturated carbocycles. The van der Waals surface area contributed by atoms with Crippen LogP contribution in [0.4, 0.5) is 8.78 Å². The molecule has 5 nitrogen and oxygen atoms in total. The Bertz CT molecular complexity index is 1080. The molecule has 2 aromatic heterocycles. The fourth-order valence-electron chi connectivity index (χ4n) is 4.11. The van der Waals surface area contributed by atoms with E-state index in [1.54, 1.807) is 6.20 Å². The molecule has 3 atom stereocenters. The normalized spacial score (nSPS) is 20.4. The first-order chi connectivity index (χ1) is 13.5. The lowest BCUT2D eigenvalue weighted by Crippen LogP contribution is -2.28. The summed E-state index contributed by atoms with van der Waals surface area (Å²) in [5.41, 5.74) is 2.98. The number of carbonyl (C=O) groups is 1. The van der Waals surface area contributed by atoms with Crippen LogP contribution >= 0.6 is 0 Å². The van der Waals surface area contributed by atoms with Crippen LogP contribution in [-0.4, -0.2) is 20.7 Å². The second-order valence-corrected chi connectivity index (χ2v) is 7.48. The number of fused-ring (bicyclic) bond motifs is 3. The van der Waals surface area contributed by atoms with E-state index in [2.05, 4.69) is 15.4 Å².